The normalized spacial score (nSPS) is 24.8. The number of nitrogens with one attached hydrogen (secondary N) is 2. The maximum absolute atomic E-state index is 13.4. The molecule has 0 spiro atoms. The van der Waals surface area contributed by atoms with Crippen LogP contribution < -0.4 is 16.4 Å². The molecule has 4 rings (SSSR count). The summed E-state index contributed by atoms with van der Waals surface area (Å²) in [5, 5.41) is 6.39. The molecule has 3 atom stereocenters. The molecule has 2 aromatic rings. The Labute approximate surface area is 217 Å². The van der Waals surface area contributed by atoms with Crippen LogP contribution in [0, 0.1) is 23.6 Å². The molecule has 2 aliphatic carbocycles. The summed E-state index contributed by atoms with van der Waals surface area (Å²) in [6, 6.07) is 7.82. The van der Waals surface area contributed by atoms with Gasteiger partial charge >= 0.3 is 0 Å². The van der Waals surface area contributed by atoms with Crippen LogP contribution in [0.3, 0.4) is 0 Å². The molecule has 1 heterocycles. The number of hydrogen-bond acceptors (Lipinski definition) is 4. The van der Waals surface area contributed by atoms with Crippen LogP contribution in [-0.2, 0) is 9.59 Å². The van der Waals surface area contributed by atoms with E-state index in [2.05, 4.69) is 15.6 Å². The van der Waals surface area contributed by atoms with E-state index in [9.17, 15) is 14.0 Å². The number of nitrogens with two attached hydrogens (primary N) is 1. The number of carbonyl (C=O) groups excluding carboxylic acids is 2. The maximum atomic E-state index is 13.4. The summed E-state index contributed by atoms with van der Waals surface area (Å²) in [5.74, 6) is -0.270. The molecule has 2 saturated carbocycles. The number of hydrogen-bond donors (Lipinski definition) is 3. The lowest BCUT2D eigenvalue weighted by Gasteiger charge is -2.32. The Hall–Kier alpha value is -2.22. The van der Waals surface area contributed by atoms with Gasteiger partial charge in [0.2, 0.25) is 11.8 Å². The quantitative estimate of drug-likeness (QED) is 0.472. The molecule has 1 aromatic carbocycles. The number of carbonyl (C=O) groups is 2. The summed E-state index contributed by atoms with van der Waals surface area (Å²) in [6.07, 6.45) is 9.20. The molecule has 1 aromatic heterocycles. The molecular weight excluding hydrogens is 490 g/mol. The number of aromatic nitrogens is 1. The van der Waals surface area contributed by atoms with E-state index < -0.39 is 0 Å². The first-order valence-corrected chi connectivity index (χ1v) is 12.5. The molecule has 2 fully saturated rings. The van der Waals surface area contributed by atoms with Crippen LogP contribution in [0.5, 0.6) is 0 Å². The minimum atomic E-state index is -0.372. The second-order valence-corrected chi connectivity index (χ2v) is 9.96. The Bertz CT molecular complexity index is 1000. The van der Waals surface area contributed by atoms with Crippen molar-refractivity contribution in [2.24, 2.45) is 23.5 Å². The fourth-order valence-corrected chi connectivity index (χ4v) is 5.76. The van der Waals surface area contributed by atoms with E-state index in [1.54, 1.807) is 30.6 Å². The first-order chi connectivity index (χ1) is 16.4. The first kappa shape index (κ1) is 27.4. The summed E-state index contributed by atoms with van der Waals surface area (Å²) in [5.41, 5.74) is 8.04. The summed E-state index contributed by atoms with van der Waals surface area (Å²) in [4.78, 5) is 29.5. The van der Waals surface area contributed by atoms with Gasteiger partial charge in [0, 0.05) is 47.5 Å². The molecule has 2 aliphatic rings. The van der Waals surface area contributed by atoms with Gasteiger partial charge in [-0.15, -0.1) is 12.4 Å². The fourth-order valence-electron chi connectivity index (χ4n) is 5.45. The number of pyridine rings is 1. The number of halogens is 3. The minimum Gasteiger partial charge on any atom is -0.354 e. The van der Waals surface area contributed by atoms with Crippen molar-refractivity contribution in [3.8, 4) is 0 Å². The summed E-state index contributed by atoms with van der Waals surface area (Å²) < 4.78 is 13.4. The van der Waals surface area contributed by atoms with Crippen LogP contribution >= 0.6 is 24.0 Å². The zero-order chi connectivity index (χ0) is 24.1. The van der Waals surface area contributed by atoms with Crippen molar-refractivity contribution in [2.75, 3.05) is 11.9 Å². The van der Waals surface area contributed by atoms with Crippen LogP contribution in [0.15, 0.2) is 42.7 Å². The lowest BCUT2D eigenvalue weighted by atomic mass is 9.78. The van der Waals surface area contributed by atoms with Gasteiger partial charge in [-0.2, -0.15) is 0 Å². The van der Waals surface area contributed by atoms with E-state index in [0.29, 0.717) is 11.6 Å². The molecule has 9 heteroatoms. The van der Waals surface area contributed by atoms with Gasteiger partial charge in [-0.3, -0.25) is 14.6 Å². The summed E-state index contributed by atoms with van der Waals surface area (Å²) in [7, 11) is 0. The third-order valence-electron chi connectivity index (χ3n) is 7.42. The van der Waals surface area contributed by atoms with E-state index >= 15 is 0 Å². The third-order valence-corrected chi connectivity index (χ3v) is 7.75. The molecule has 4 N–H and O–H groups in total. The molecule has 0 bridgehead atoms. The van der Waals surface area contributed by atoms with Crippen molar-refractivity contribution < 1.29 is 14.0 Å². The van der Waals surface area contributed by atoms with Gasteiger partial charge in [0.25, 0.3) is 0 Å². The van der Waals surface area contributed by atoms with Gasteiger partial charge < -0.3 is 16.4 Å². The standard InChI is InChI=1S/C26H32ClFN4O2.ClH/c27-23-14-18(28)8-9-21(23)20-2-1-3-22(20)26(34)31-15-24(29)16-4-6-17(7-5-16)25(33)32-19-10-12-30-13-11-19;/h8-14,16-17,20,22,24H,1-7,15,29H2,(H,31,34)(H,30,32,33);1H. The lowest BCUT2D eigenvalue weighted by Crippen LogP contribution is -2.45. The zero-order valence-electron chi connectivity index (χ0n) is 19.6. The number of amides is 2. The average Bonchev–Trinajstić information content (AvgIpc) is 3.33. The van der Waals surface area contributed by atoms with Crippen LogP contribution in [0.4, 0.5) is 10.1 Å². The van der Waals surface area contributed by atoms with Gasteiger partial charge in [0.05, 0.1) is 0 Å². The van der Waals surface area contributed by atoms with Crippen molar-refractivity contribution in [3.63, 3.8) is 0 Å². The first-order valence-electron chi connectivity index (χ1n) is 12.1. The number of rotatable bonds is 7. The Balaban J connectivity index is 0.00000342. The molecule has 6 nitrogen and oxygen atoms in total. The highest BCUT2D eigenvalue weighted by molar-refractivity contribution is 6.31. The van der Waals surface area contributed by atoms with Crippen molar-refractivity contribution in [2.45, 2.75) is 56.9 Å². The third kappa shape index (κ3) is 6.93. The van der Waals surface area contributed by atoms with Crippen LogP contribution in [0.1, 0.15) is 56.4 Å². The van der Waals surface area contributed by atoms with Gasteiger partial charge in [0.1, 0.15) is 5.82 Å². The van der Waals surface area contributed by atoms with Gasteiger partial charge in [0.15, 0.2) is 0 Å². The fraction of sp³-hybridized carbons (Fsp3) is 0.500. The topological polar surface area (TPSA) is 97.1 Å². The van der Waals surface area contributed by atoms with Crippen LogP contribution in [0.2, 0.25) is 5.02 Å². The van der Waals surface area contributed by atoms with Gasteiger partial charge in [-0.05, 0) is 80.2 Å². The van der Waals surface area contributed by atoms with Crippen molar-refractivity contribution in [1.82, 2.24) is 10.3 Å². The van der Waals surface area contributed by atoms with Gasteiger partial charge in [-0.25, -0.2) is 4.39 Å². The average molecular weight is 523 g/mol. The van der Waals surface area contributed by atoms with E-state index in [-0.39, 0.29) is 59.8 Å². The Morgan fingerprint density at radius 3 is 2.46 bits per heavy atom. The second-order valence-electron chi connectivity index (χ2n) is 9.56. The summed E-state index contributed by atoms with van der Waals surface area (Å²) in [6.45, 7) is 0.414. The number of nitrogens with zero attached hydrogens (tertiary/aromatic N) is 1. The highest BCUT2D eigenvalue weighted by Crippen LogP contribution is 2.42. The maximum Gasteiger partial charge on any atom is 0.227 e. The molecule has 0 aliphatic heterocycles. The van der Waals surface area contributed by atoms with E-state index in [1.807, 2.05) is 0 Å². The SMILES string of the molecule is Cl.NC(CNC(=O)C1CCCC1c1ccc(F)cc1Cl)C1CCC(C(=O)Nc2ccncc2)CC1. The van der Waals surface area contributed by atoms with Crippen LogP contribution in [0.25, 0.3) is 0 Å². The molecule has 0 saturated heterocycles. The Morgan fingerprint density at radius 2 is 1.77 bits per heavy atom. The highest BCUT2D eigenvalue weighted by atomic mass is 35.5. The number of anilines is 1. The van der Waals surface area contributed by atoms with Crippen molar-refractivity contribution >= 4 is 41.5 Å². The van der Waals surface area contributed by atoms with Crippen LogP contribution in [-0.4, -0.2) is 29.4 Å². The summed E-state index contributed by atoms with van der Waals surface area (Å²) >= 11 is 6.26. The Kier molecular flexibility index (Phi) is 9.89. The Morgan fingerprint density at radius 1 is 1.06 bits per heavy atom. The van der Waals surface area contributed by atoms with E-state index in [4.69, 9.17) is 17.3 Å². The zero-order valence-corrected chi connectivity index (χ0v) is 21.2. The monoisotopic (exact) mass is 522 g/mol. The molecular formula is C26H33Cl2FN4O2. The highest BCUT2D eigenvalue weighted by Gasteiger charge is 2.36. The van der Waals surface area contributed by atoms with Gasteiger partial charge in [-0.1, -0.05) is 24.1 Å². The largest absolute Gasteiger partial charge is 0.354 e. The molecule has 0 radical (unpaired) electrons. The molecule has 3 unspecified atom stereocenters. The lowest BCUT2D eigenvalue weighted by molar-refractivity contribution is -0.125. The predicted molar refractivity (Wildman–Crippen MR) is 138 cm³/mol. The molecule has 190 valence electrons. The van der Waals surface area contributed by atoms with E-state index in [0.717, 1.165) is 56.2 Å². The molecule has 2 amide bonds. The van der Waals surface area contributed by atoms with Crippen molar-refractivity contribution in [3.05, 3.63) is 59.1 Å². The van der Waals surface area contributed by atoms with E-state index in [1.165, 1.54) is 12.1 Å². The smallest absolute Gasteiger partial charge is 0.227 e. The van der Waals surface area contributed by atoms with Crippen molar-refractivity contribution in [1.29, 1.82) is 0 Å². The molecule has 35 heavy (non-hydrogen) atoms. The predicted octanol–water partition coefficient (Wildman–Crippen LogP) is 5.07. The second kappa shape index (κ2) is 12.7. The minimum absolute atomic E-state index is 0. The number of benzene rings is 1.